The van der Waals surface area contributed by atoms with Crippen molar-refractivity contribution in [1.29, 1.82) is 0 Å². The largest absolute Gasteiger partial charge is 0.480 e. The van der Waals surface area contributed by atoms with Crippen molar-refractivity contribution < 1.29 is 9.90 Å². The van der Waals surface area contributed by atoms with E-state index >= 15 is 0 Å². The molecule has 1 aromatic carbocycles. The number of rotatable bonds is 5. The van der Waals surface area contributed by atoms with Crippen molar-refractivity contribution in [1.82, 2.24) is 19.8 Å². The third-order valence-electron chi connectivity index (χ3n) is 5.38. The van der Waals surface area contributed by atoms with Crippen LogP contribution in [0.25, 0.3) is 10.9 Å². The molecule has 27 heavy (non-hydrogen) atoms. The number of nitrogens with one attached hydrogen (secondary N) is 1. The lowest BCUT2D eigenvalue weighted by Crippen LogP contribution is -2.48. The van der Waals surface area contributed by atoms with Crippen molar-refractivity contribution >= 4 is 16.9 Å². The highest BCUT2D eigenvalue weighted by atomic mass is 16.4. The number of carboxylic acids is 1. The number of aromatic nitrogens is 2. The Morgan fingerprint density at radius 2 is 1.85 bits per heavy atom. The highest BCUT2D eigenvalue weighted by molar-refractivity contribution is 5.90. The number of pyridine rings is 1. The zero-order chi connectivity index (χ0) is 18.8. The molecule has 6 heteroatoms. The molecule has 140 valence electrons. The average Bonchev–Trinajstić information content (AvgIpc) is 3.00. The van der Waals surface area contributed by atoms with E-state index in [1.54, 1.807) is 0 Å². The van der Waals surface area contributed by atoms with Gasteiger partial charge in [-0.25, -0.2) is 0 Å². The number of H-pyrrole nitrogens is 1. The van der Waals surface area contributed by atoms with Gasteiger partial charge in [-0.1, -0.05) is 18.2 Å². The fraction of sp³-hybridized carbons (Fsp3) is 0.333. The molecule has 1 aliphatic rings. The van der Waals surface area contributed by atoms with E-state index in [0.717, 1.165) is 54.9 Å². The Kier molecular flexibility index (Phi) is 4.92. The van der Waals surface area contributed by atoms with Gasteiger partial charge in [0.2, 0.25) is 0 Å². The smallest absolute Gasteiger partial charge is 0.325 e. The van der Waals surface area contributed by atoms with Crippen LogP contribution in [0.2, 0.25) is 0 Å². The van der Waals surface area contributed by atoms with Crippen molar-refractivity contribution in [3.63, 3.8) is 0 Å². The van der Waals surface area contributed by atoms with Gasteiger partial charge in [-0.2, -0.15) is 0 Å². The SMILES string of the molecule is Cc1[nH]c2ccccc2c1[C@H](C(=O)O)N1CCN(Cc2ccncc2)CC1. The molecule has 3 heterocycles. The first-order chi connectivity index (χ1) is 13.1. The molecule has 0 unspecified atom stereocenters. The Morgan fingerprint density at radius 3 is 2.56 bits per heavy atom. The highest BCUT2D eigenvalue weighted by Gasteiger charge is 2.33. The van der Waals surface area contributed by atoms with Crippen LogP contribution in [0.1, 0.15) is 22.9 Å². The van der Waals surface area contributed by atoms with Crippen molar-refractivity contribution in [2.75, 3.05) is 26.2 Å². The summed E-state index contributed by atoms with van der Waals surface area (Å²) in [6, 6.07) is 11.4. The summed E-state index contributed by atoms with van der Waals surface area (Å²) in [6.07, 6.45) is 3.62. The van der Waals surface area contributed by atoms with E-state index in [2.05, 4.69) is 19.8 Å². The van der Waals surface area contributed by atoms with Gasteiger partial charge in [0.15, 0.2) is 0 Å². The molecule has 1 saturated heterocycles. The third-order valence-corrected chi connectivity index (χ3v) is 5.38. The quantitative estimate of drug-likeness (QED) is 0.728. The predicted molar refractivity (Wildman–Crippen MR) is 104 cm³/mol. The molecule has 1 aliphatic heterocycles. The van der Waals surface area contributed by atoms with Gasteiger partial charge >= 0.3 is 5.97 Å². The minimum absolute atomic E-state index is 0.621. The van der Waals surface area contributed by atoms with E-state index in [-0.39, 0.29) is 0 Å². The van der Waals surface area contributed by atoms with Gasteiger partial charge in [-0.15, -0.1) is 0 Å². The molecule has 0 amide bonds. The number of piperazine rings is 1. The zero-order valence-corrected chi connectivity index (χ0v) is 15.4. The second-order valence-electron chi connectivity index (χ2n) is 7.12. The lowest BCUT2D eigenvalue weighted by molar-refractivity contribution is -0.144. The molecule has 1 atom stereocenters. The number of para-hydroxylation sites is 1. The van der Waals surface area contributed by atoms with Gasteiger partial charge in [0.1, 0.15) is 6.04 Å². The Morgan fingerprint density at radius 1 is 1.15 bits per heavy atom. The fourth-order valence-corrected chi connectivity index (χ4v) is 4.04. The second kappa shape index (κ2) is 7.50. The highest BCUT2D eigenvalue weighted by Crippen LogP contribution is 2.32. The average molecular weight is 364 g/mol. The van der Waals surface area contributed by atoms with E-state index in [4.69, 9.17) is 0 Å². The van der Waals surface area contributed by atoms with Gasteiger partial charge in [0.05, 0.1) is 0 Å². The van der Waals surface area contributed by atoms with Crippen molar-refractivity contribution in [3.05, 3.63) is 65.6 Å². The predicted octanol–water partition coefficient (Wildman–Crippen LogP) is 2.81. The van der Waals surface area contributed by atoms with Crippen LogP contribution < -0.4 is 0 Å². The number of nitrogens with zero attached hydrogens (tertiary/aromatic N) is 3. The number of benzene rings is 1. The molecule has 0 aliphatic carbocycles. The van der Waals surface area contributed by atoms with Gasteiger partial charge in [0, 0.05) is 67.3 Å². The van der Waals surface area contributed by atoms with Gasteiger partial charge in [-0.3, -0.25) is 19.6 Å². The summed E-state index contributed by atoms with van der Waals surface area (Å²) in [6.45, 7) is 6.02. The number of aromatic amines is 1. The van der Waals surface area contributed by atoms with E-state index in [1.165, 1.54) is 5.56 Å². The molecule has 0 radical (unpaired) electrons. The number of hydrogen-bond donors (Lipinski definition) is 2. The Labute approximate surface area is 158 Å². The Hall–Kier alpha value is -2.70. The molecule has 0 bridgehead atoms. The van der Waals surface area contributed by atoms with Gasteiger partial charge < -0.3 is 10.1 Å². The first-order valence-corrected chi connectivity index (χ1v) is 9.29. The Balaban J connectivity index is 1.52. The molecule has 2 N–H and O–H groups in total. The summed E-state index contributed by atoms with van der Waals surface area (Å²) in [5.74, 6) is -0.787. The van der Waals surface area contributed by atoms with Crippen LogP contribution in [0.5, 0.6) is 0 Å². The summed E-state index contributed by atoms with van der Waals surface area (Å²) in [4.78, 5) is 24.0. The molecular formula is C21H24N4O2. The maximum absolute atomic E-state index is 12.2. The molecule has 1 fully saturated rings. The molecule has 6 nitrogen and oxygen atoms in total. The van der Waals surface area contributed by atoms with Crippen LogP contribution in [-0.2, 0) is 11.3 Å². The summed E-state index contributed by atoms with van der Waals surface area (Å²) < 4.78 is 0. The van der Waals surface area contributed by atoms with E-state index in [9.17, 15) is 9.90 Å². The summed E-state index contributed by atoms with van der Waals surface area (Å²) in [5.41, 5.74) is 4.05. The second-order valence-corrected chi connectivity index (χ2v) is 7.12. The van der Waals surface area contributed by atoms with Crippen molar-refractivity contribution in [3.8, 4) is 0 Å². The number of aryl methyl sites for hydroxylation is 1. The lowest BCUT2D eigenvalue weighted by atomic mass is 10.0. The summed E-state index contributed by atoms with van der Waals surface area (Å²) in [5, 5.41) is 11.0. The van der Waals surface area contributed by atoms with Crippen LogP contribution in [-0.4, -0.2) is 57.0 Å². The van der Waals surface area contributed by atoms with E-state index < -0.39 is 12.0 Å². The first kappa shape index (κ1) is 17.7. The van der Waals surface area contributed by atoms with E-state index in [0.29, 0.717) is 0 Å². The number of fused-ring (bicyclic) bond motifs is 1. The van der Waals surface area contributed by atoms with Gasteiger partial charge in [0.25, 0.3) is 0 Å². The monoisotopic (exact) mass is 364 g/mol. The van der Waals surface area contributed by atoms with Crippen LogP contribution in [0.4, 0.5) is 0 Å². The molecular weight excluding hydrogens is 340 g/mol. The van der Waals surface area contributed by atoms with Crippen LogP contribution in [0.15, 0.2) is 48.8 Å². The van der Waals surface area contributed by atoms with Crippen LogP contribution in [0.3, 0.4) is 0 Å². The molecule has 0 saturated carbocycles. The standard InChI is InChI=1S/C21H24N4O2/c1-15-19(17-4-2-3-5-18(17)23-15)20(21(26)27)25-12-10-24(11-13-25)14-16-6-8-22-9-7-16/h2-9,20,23H,10-14H2,1H3,(H,26,27)/t20-/m1/s1. The minimum atomic E-state index is -0.787. The Bertz CT molecular complexity index is 930. The topological polar surface area (TPSA) is 72.5 Å². The maximum atomic E-state index is 12.2. The minimum Gasteiger partial charge on any atom is -0.480 e. The van der Waals surface area contributed by atoms with Crippen LogP contribution in [0, 0.1) is 6.92 Å². The number of carbonyl (C=O) groups is 1. The van der Waals surface area contributed by atoms with Gasteiger partial charge in [-0.05, 0) is 30.7 Å². The van der Waals surface area contributed by atoms with Crippen molar-refractivity contribution in [2.24, 2.45) is 0 Å². The molecule has 4 rings (SSSR count). The van der Waals surface area contributed by atoms with Crippen molar-refractivity contribution in [2.45, 2.75) is 19.5 Å². The first-order valence-electron chi connectivity index (χ1n) is 9.29. The third kappa shape index (κ3) is 3.59. The summed E-state index contributed by atoms with van der Waals surface area (Å²) >= 11 is 0. The molecule has 3 aromatic rings. The lowest BCUT2D eigenvalue weighted by Gasteiger charge is -2.38. The number of hydrogen-bond acceptors (Lipinski definition) is 4. The molecule has 0 spiro atoms. The molecule has 2 aromatic heterocycles. The normalized spacial score (nSPS) is 17.2. The number of carboxylic acid groups (broad SMARTS) is 1. The van der Waals surface area contributed by atoms with E-state index in [1.807, 2.05) is 55.7 Å². The van der Waals surface area contributed by atoms with Crippen LogP contribution >= 0.6 is 0 Å². The fourth-order valence-electron chi connectivity index (χ4n) is 4.04. The summed E-state index contributed by atoms with van der Waals surface area (Å²) in [7, 11) is 0. The number of aliphatic carboxylic acids is 1. The maximum Gasteiger partial charge on any atom is 0.325 e. The zero-order valence-electron chi connectivity index (χ0n) is 15.4.